The van der Waals surface area contributed by atoms with Gasteiger partial charge in [0.2, 0.25) is 0 Å². The molecule has 3 heteroatoms. The fraction of sp³-hybridized carbons (Fsp3) is 0.364. The highest BCUT2D eigenvalue weighted by atomic mass is 15.0. The van der Waals surface area contributed by atoms with Gasteiger partial charge < -0.3 is 10.1 Å². The summed E-state index contributed by atoms with van der Waals surface area (Å²) in [5.41, 5.74) is 7.94. The Morgan fingerprint density at radius 1 is 1.50 bits per heavy atom. The third-order valence-electron chi connectivity index (χ3n) is 2.41. The molecule has 2 aromatic rings. The zero-order valence-corrected chi connectivity index (χ0v) is 8.35. The van der Waals surface area contributed by atoms with Crippen molar-refractivity contribution < 1.29 is 0 Å². The van der Waals surface area contributed by atoms with Gasteiger partial charge in [0.1, 0.15) is 5.65 Å². The van der Waals surface area contributed by atoms with E-state index in [1.54, 1.807) is 0 Å². The molecule has 0 saturated heterocycles. The molecule has 2 heterocycles. The number of aromatic nitrogens is 2. The van der Waals surface area contributed by atoms with E-state index in [2.05, 4.69) is 11.9 Å². The molecule has 3 nitrogen and oxygen atoms in total. The van der Waals surface area contributed by atoms with Crippen LogP contribution in [0.15, 0.2) is 30.6 Å². The van der Waals surface area contributed by atoms with Gasteiger partial charge in [0, 0.05) is 24.9 Å². The van der Waals surface area contributed by atoms with Gasteiger partial charge >= 0.3 is 0 Å². The Morgan fingerprint density at radius 2 is 2.36 bits per heavy atom. The van der Waals surface area contributed by atoms with Crippen molar-refractivity contribution in [3.8, 4) is 0 Å². The molecule has 0 bridgehead atoms. The molecular weight excluding hydrogens is 174 g/mol. The fourth-order valence-electron chi connectivity index (χ4n) is 1.50. The van der Waals surface area contributed by atoms with Crippen molar-refractivity contribution in [2.24, 2.45) is 5.73 Å². The second-order valence-electron chi connectivity index (χ2n) is 3.57. The lowest BCUT2D eigenvalue weighted by molar-refractivity contribution is 0.639. The van der Waals surface area contributed by atoms with Crippen LogP contribution in [-0.2, 0) is 6.42 Å². The Kier molecular flexibility index (Phi) is 2.50. The summed E-state index contributed by atoms with van der Waals surface area (Å²) in [6.07, 6.45) is 5.90. The van der Waals surface area contributed by atoms with Crippen LogP contribution in [0.2, 0.25) is 0 Å². The molecule has 0 aromatic carbocycles. The summed E-state index contributed by atoms with van der Waals surface area (Å²) < 4.78 is 2.03. The summed E-state index contributed by atoms with van der Waals surface area (Å²) in [7, 11) is 0. The van der Waals surface area contributed by atoms with Crippen molar-refractivity contribution in [1.82, 2.24) is 9.38 Å². The van der Waals surface area contributed by atoms with Gasteiger partial charge in [-0.15, -0.1) is 0 Å². The predicted molar refractivity (Wildman–Crippen MR) is 57.2 cm³/mol. The van der Waals surface area contributed by atoms with Gasteiger partial charge in [-0.1, -0.05) is 13.0 Å². The molecule has 0 spiro atoms. The van der Waals surface area contributed by atoms with E-state index >= 15 is 0 Å². The molecule has 14 heavy (non-hydrogen) atoms. The summed E-state index contributed by atoms with van der Waals surface area (Å²) >= 11 is 0. The molecule has 0 aliphatic rings. The Hall–Kier alpha value is -1.35. The zero-order chi connectivity index (χ0) is 9.97. The van der Waals surface area contributed by atoms with E-state index in [9.17, 15) is 0 Å². The lowest BCUT2D eigenvalue weighted by Crippen LogP contribution is -2.21. The number of fused-ring (bicyclic) bond motifs is 1. The van der Waals surface area contributed by atoms with Crippen LogP contribution in [0, 0.1) is 0 Å². The predicted octanol–water partition coefficient (Wildman–Crippen LogP) is 1.61. The largest absolute Gasteiger partial charge is 0.327 e. The molecule has 0 radical (unpaired) electrons. The molecule has 2 N–H and O–H groups in total. The van der Waals surface area contributed by atoms with Crippen LogP contribution in [0.3, 0.4) is 0 Å². The van der Waals surface area contributed by atoms with E-state index < -0.39 is 0 Å². The van der Waals surface area contributed by atoms with Crippen LogP contribution in [0.5, 0.6) is 0 Å². The molecule has 1 atom stereocenters. The van der Waals surface area contributed by atoms with Gasteiger partial charge in [0.25, 0.3) is 0 Å². The second kappa shape index (κ2) is 3.80. The maximum Gasteiger partial charge on any atom is 0.136 e. The van der Waals surface area contributed by atoms with E-state index in [0.717, 1.165) is 24.2 Å². The van der Waals surface area contributed by atoms with Crippen LogP contribution in [-0.4, -0.2) is 15.4 Å². The average Bonchev–Trinajstić information content (AvgIpc) is 2.59. The Morgan fingerprint density at radius 3 is 3.07 bits per heavy atom. The molecule has 0 aliphatic heterocycles. The highest BCUT2D eigenvalue weighted by Crippen LogP contribution is 2.06. The quantitative estimate of drug-likeness (QED) is 0.797. The maximum atomic E-state index is 5.88. The highest BCUT2D eigenvalue weighted by molar-refractivity contribution is 5.39. The Balaban J connectivity index is 2.27. The lowest BCUT2D eigenvalue weighted by Gasteiger charge is -2.04. The normalized spacial score (nSPS) is 13.3. The Labute approximate surface area is 83.6 Å². The first-order valence-corrected chi connectivity index (χ1v) is 4.98. The summed E-state index contributed by atoms with van der Waals surface area (Å²) in [4.78, 5) is 4.48. The fourth-order valence-corrected chi connectivity index (χ4v) is 1.50. The number of nitrogens with two attached hydrogens (primary N) is 1. The van der Waals surface area contributed by atoms with E-state index in [1.807, 2.05) is 35.0 Å². The Bertz CT molecular complexity index is 386. The van der Waals surface area contributed by atoms with Crippen molar-refractivity contribution >= 4 is 5.65 Å². The lowest BCUT2D eigenvalue weighted by atomic mass is 10.1. The molecule has 2 rings (SSSR count). The van der Waals surface area contributed by atoms with Crippen LogP contribution >= 0.6 is 0 Å². The van der Waals surface area contributed by atoms with Gasteiger partial charge in [-0.2, -0.15) is 0 Å². The molecule has 0 aliphatic carbocycles. The topological polar surface area (TPSA) is 43.3 Å². The number of imidazole rings is 1. The highest BCUT2D eigenvalue weighted by Gasteiger charge is 2.05. The number of nitrogens with zero attached hydrogens (tertiary/aromatic N) is 2. The van der Waals surface area contributed by atoms with Crippen LogP contribution < -0.4 is 5.73 Å². The first-order valence-electron chi connectivity index (χ1n) is 4.98. The zero-order valence-electron chi connectivity index (χ0n) is 8.35. The third kappa shape index (κ3) is 1.77. The first-order chi connectivity index (χ1) is 6.79. The van der Waals surface area contributed by atoms with Gasteiger partial charge in [0.15, 0.2) is 0 Å². The standard InChI is InChI=1S/C11H15N3/c1-2-9(12)7-10-8-14-6-4-3-5-11(14)13-10/h3-6,8-9H,2,7,12H2,1H3. The summed E-state index contributed by atoms with van der Waals surface area (Å²) in [6, 6.07) is 6.21. The molecule has 74 valence electrons. The molecule has 1 unspecified atom stereocenters. The number of pyridine rings is 1. The van der Waals surface area contributed by atoms with Crippen molar-refractivity contribution in [1.29, 1.82) is 0 Å². The van der Waals surface area contributed by atoms with Crippen LogP contribution in [0.25, 0.3) is 5.65 Å². The van der Waals surface area contributed by atoms with Gasteiger partial charge in [0.05, 0.1) is 5.69 Å². The smallest absolute Gasteiger partial charge is 0.136 e. The second-order valence-corrected chi connectivity index (χ2v) is 3.57. The van der Waals surface area contributed by atoms with E-state index in [0.29, 0.717) is 0 Å². The van der Waals surface area contributed by atoms with E-state index in [4.69, 9.17) is 5.73 Å². The van der Waals surface area contributed by atoms with Crippen molar-refractivity contribution in [3.63, 3.8) is 0 Å². The summed E-state index contributed by atoms with van der Waals surface area (Å²) in [5, 5.41) is 0. The van der Waals surface area contributed by atoms with Gasteiger partial charge in [-0.25, -0.2) is 4.98 Å². The minimum Gasteiger partial charge on any atom is -0.327 e. The molecule has 0 fully saturated rings. The summed E-state index contributed by atoms with van der Waals surface area (Å²) in [5.74, 6) is 0. The SMILES string of the molecule is CCC(N)Cc1cn2ccccc2n1. The monoisotopic (exact) mass is 189 g/mol. The molecule has 2 aromatic heterocycles. The van der Waals surface area contributed by atoms with Crippen molar-refractivity contribution in [2.75, 3.05) is 0 Å². The maximum absolute atomic E-state index is 5.88. The van der Waals surface area contributed by atoms with Gasteiger partial charge in [-0.05, 0) is 18.6 Å². The van der Waals surface area contributed by atoms with Crippen molar-refractivity contribution in [2.45, 2.75) is 25.8 Å². The minimum absolute atomic E-state index is 0.222. The molecule has 0 amide bonds. The van der Waals surface area contributed by atoms with Crippen LogP contribution in [0.4, 0.5) is 0 Å². The number of hydrogen-bond donors (Lipinski definition) is 1. The number of hydrogen-bond acceptors (Lipinski definition) is 2. The van der Waals surface area contributed by atoms with Crippen molar-refractivity contribution in [3.05, 3.63) is 36.3 Å². The minimum atomic E-state index is 0.222. The third-order valence-corrected chi connectivity index (χ3v) is 2.41. The van der Waals surface area contributed by atoms with E-state index in [-0.39, 0.29) is 6.04 Å². The first kappa shape index (κ1) is 9.21. The molecule has 0 saturated carbocycles. The summed E-state index contributed by atoms with van der Waals surface area (Å²) in [6.45, 7) is 2.10. The van der Waals surface area contributed by atoms with Crippen LogP contribution in [0.1, 0.15) is 19.0 Å². The average molecular weight is 189 g/mol. The van der Waals surface area contributed by atoms with Gasteiger partial charge in [-0.3, -0.25) is 0 Å². The van der Waals surface area contributed by atoms with E-state index in [1.165, 1.54) is 0 Å². The number of rotatable bonds is 3. The molecular formula is C11H15N3.